The van der Waals surface area contributed by atoms with Crippen molar-refractivity contribution in [1.82, 2.24) is 10.2 Å². The van der Waals surface area contributed by atoms with Gasteiger partial charge in [-0.05, 0) is 69.9 Å². The van der Waals surface area contributed by atoms with Crippen LogP contribution >= 0.6 is 0 Å². The Labute approximate surface area is 189 Å². The highest BCUT2D eigenvalue weighted by atomic mass is 16.2. The summed E-state index contributed by atoms with van der Waals surface area (Å²) in [6, 6.07) is 14.9. The Bertz CT molecular complexity index is 1060. The largest absolute Gasteiger partial charge is 0.351 e. The molecule has 0 spiro atoms. The van der Waals surface area contributed by atoms with Gasteiger partial charge in [-0.3, -0.25) is 4.79 Å². The van der Waals surface area contributed by atoms with E-state index in [4.69, 9.17) is 4.99 Å². The lowest BCUT2D eigenvalue weighted by Gasteiger charge is -2.44. The number of hydrogen-bond acceptors (Lipinski definition) is 4. The third-order valence-corrected chi connectivity index (χ3v) is 6.27. The number of carbonyl (C=O) groups is 2. The Morgan fingerprint density at radius 1 is 1.12 bits per heavy atom. The normalized spacial score (nSPS) is 20.2. The molecular weight excluding hydrogens is 402 g/mol. The molecule has 2 N–H and O–H groups in total. The lowest BCUT2D eigenvalue weighted by Crippen LogP contribution is -2.52. The number of carbonyl (C=O) groups excluding carboxylic acids is 2. The number of hydrogen-bond donors (Lipinski definition) is 2. The summed E-state index contributed by atoms with van der Waals surface area (Å²) in [5.41, 5.74) is 3.31. The van der Waals surface area contributed by atoms with Crippen LogP contribution in [0.25, 0.3) is 0 Å². The number of aliphatic imine (C=N–C) groups is 1. The third kappa shape index (κ3) is 4.33. The fraction of sp³-hybridized carbons (Fsp3) is 0.400. The first-order chi connectivity index (χ1) is 15.3. The summed E-state index contributed by atoms with van der Waals surface area (Å²) < 4.78 is 0. The third-order valence-electron chi connectivity index (χ3n) is 6.27. The SMILES string of the molecule is Cc1cccc(NC(=O)NC2N=C(N3CCCCC3(C)C)c3ccccc3N(C)C2=O)c1. The van der Waals surface area contributed by atoms with Crippen molar-refractivity contribution in [3.05, 3.63) is 59.7 Å². The van der Waals surface area contributed by atoms with Crippen LogP contribution in [0, 0.1) is 6.92 Å². The molecule has 1 atom stereocenters. The van der Waals surface area contributed by atoms with Crippen LogP contribution in [0.5, 0.6) is 0 Å². The van der Waals surface area contributed by atoms with E-state index in [-0.39, 0.29) is 11.4 Å². The predicted molar refractivity (Wildman–Crippen MR) is 128 cm³/mol. The molecule has 2 aromatic rings. The Hall–Kier alpha value is -3.35. The Balaban J connectivity index is 1.69. The van der Waals surface area contributed by atoms with E-state index < -0.39 is 12.2 Å². The molecule has 32 heavy (non-hydrogen) atoms. The van der Waals surface area contributed by atoms with Crippen LogP contribution in [0.1, 0.15) is 44.2 Å². The number of anilines is 2. The fourth-order valence-electron chi connectivity index (χ4n) is 4.49. The molecule has 1 unspecified atom stereocenters. The molecule has 168 valence electrons. The number of amidine groups is 1. The molecule has 0 aromatic heterocycles. The maximum absolute atomic E-state index is 13.3. The summed E-state index contributed by atoms with van der Waals surface area (Å²) in [7, 11) is 1.73. The van der Waals surface area contributed by atoms with Gasteiger partial charge in [0, 0.05) is 30.4 Å². The molecule has 2 aliphatic heterocycles. The number of para-hydroxylation sites is 1. The van der Waals surface area contributed by atoms with E-state index in [1.54, 1.807) is 11.9 Å². The van der Waals surface area contributed by atoms with Crippen molar-refractivity contribution in [2.75, 3.05) is 23.8 Å². The quantitative estimate of drug-likeness (QED) is 0.748. The smallest absolute Gasteiger partial charge is 0.321 e. The van der Waals surface area contributed by atoms with Gasteiger partial charge in [0.25, 0.3) is 5.91 Å². The molecule has 0 aliphatic carbocycles. The molecular formula is C25H31N5O2. The number of nitrogens with one attached hydrogen (secondary N) is 2. The first kappa shape index (κ1) is 21.9. The number of likely N-dealkylation sites (N-methyl/N-ethyl adjacent to an activating group) is 1. The Morgan fingerprint density at radius 3 is 2.66 bits per heavy atom. The van der Waals surface area contributed by atoms with E-state index in [9.17, 15) is 9.59 Å². The molecule has 4 rings (SSSR count). The first-order valence-corrected chi connectivity index (χ1v) is 11.1. The number of fused-ring (bicyclic) bond motifs is 1. The lowest BCUT2D eigenvalue weighted by molar-refractivity contribution is -0.119. The van der Waals surface area contributed by atoms with Crippen molar-refractivity contribution >= 4 is 29.1 Å². The van der Waals surface area contributed by atoms with Crippen molar-refractivity contribution in [3.8, 4) is 0 Å². The second-order valence-corrected chi connectivity index (χ2v) is 9.16. The second-order valence-electron chi connectivity index (χ2n) is 9.16. The first-order valence-electron chi connectivity index (χ1n) is 11.1. The zero-order valence-corrected chi connectivity index (χ0v) is 19.2. The second kappa shape index (κ2) is 8.65. The van der Waals surface area contributed by atoms with Crippen LogP contribution in [0.3, 0.4) is 0 Å². The van der Waals surface area contributed by atoms with Gasteiger partial charge in [-0.25, -0.2) is 9.79 Å². The maximum Gasteiger partial charge on any atom is 0.321 e. The van der Waals surface area contributed by atoms with E-state index in [1.807, 2.05) is 55.5 Å². The van der Waals surface area contributed by atoms with Crippen LogP contribution in [0.2, 0.25) is 0 Å². The van der Waals surface area contributed by atoms with Gasteiger partial charge in [-0.2, -0.15) is 0 Å². The fourth-order valence-corrected chi connectivity index (χ4v) is 4.49. The number of benzodiazepines with no additional fused rings is 1. The Morgan fingerprint density at radius 2 is 1.91 bits per heavy atom. The number of benzene rings is 2. The van der Waals surface area contributed by atoms with Gasteiger partial charge >= 0.3 is 6.03 Å². The molecule has 3 amide bonds. The van der Waals surface area contributed by atoms with E-state index in [2.05, 4.69) is 29.4 Å². The lowest BCUT2D eigenvalue weighted by atomic mass is 9.89. The Kier molecular flexibility index (Phi) is 5.91. The highest BCUT2D eigenvalue weighted by Crippen LogP contribution is 2.33. The number of aryl methyl sites for hydroxylation is 1. The predicted octanol–water partition coefficient (Wildman–Crippen LogP) is 4.13. The molecule has 7 heteroatoms. The standard InChI is InChI=1S/C25H31N5O2/c1-17-10-9-11-18(16-17)26-24(32)28-21-23(31)29(4)20-13-6-5-12-19(20)22(27-21)30-15-8-7-14-25(30,2)3/h5-6,9-13,16,21H,7-8,14-15H2,1-4H3,(H2,26,28,32). The highest BCUT2D eigenvalue weighted by Gasteiger charge is 2.37. The molecule has 1 fully saturated rings. The van der Waals surface area contributed by atoms with E-state index in [1.165, 1.54) is 0 Å². The highest BCUT2D eigenvalue weighted by molar-refractivity contribution is 6.12. The van der Waals surface area contributed by atoms with Gasteiger partial charge in [-0.15, -0.1) is 0 Å². The summed E-state index contributed by atoms with van der Waals surface area (Å²) in [6.07, 6.45) is 2.26. The van der Waals surface area contributed by atoms with Gasteiger partial charge in [0.1, 0.15) is 5.84 Å². The molecule has 0 saturated carbocycles. The summed E-state index contributed by atoms with van der Waals surface area (Å²) >= 11 is 0. The van der Waals surface area contributed by atoms with Crippen molar-refractivity contribution < 1.29 is 9.59 Å². The molecule has 1 saturated heterocycles. The monoisotopic (exact) mass is 433 g/mol. The molecule has 2 heterocycles. The van der Waals surface area contributed by atoms with E-state index in [0.717, 1.165) is 48.5 Å². The van der Waals surface area contributed by atoms with E-state index >= 15 is 0 Å². The number of rotatable bonds is 2. The minimum Gasteiger partial charge on any atom is -0.351 e. The summed E-state index contributed by atoms with van der Waals surface area (Å²) in [5, 5.41) is 5.60. The summed E-state index contributed by atoms with van der Waals surface area (Å²) in [4.78, 5) is 34.8. The van der Waals surface area contributed by atoms with Gasteiger partial charge in [0.2, 0.25) is 6.17 Å². The summed E-state index contributed by atoms with van der Waals surface area (Å²) in [6.45, 7) is 7.24. The van der Waals surface area contributed by atoms with Crippen LogP contribution in [0.15, 0.2) is 53.5 Å². The van der Waals surface area contributed by atoms with Gasteiger partial charge in [0.05, 0.1) is 5.69 Å². The van der Waals surface area contributed by atoms with Gasteiger partial charge in [-0.1, -0.05) is 24.3 Å². The van der Waals surface area contributed by atoms with Crippen LogP contribution in [-0.2, 0) is 4.79 Å². The van der Waals surface area contributed by atoms with Gasteiger partial charge in [0.15, 0.2) is 0 Å². The van der Waals surface area contributed by atoms with Crippen LogP contribution in [-0.4, -0.2) is 48.0 Å². The van der Waals surface area contributed by atoms with Gasteiger partial charge < -0.3 is 20.4 Å². The minimum absolute atomic E-state index is 0.0927. The maximum atomic E-state index is 13.3. The average Bonchev–Trinajstić information content (AvgIpc) is 2.84. The number of urea groups is 1. The number of nitrogens with zero attached hydrogens (tertiary/aromatic N) is 3. The molecule has 2 aliphatic rings. The van der Waals surface area contributed by atoms with Crippen LogP contribution in [0.4, 0.5) is 16.2 Å². The minimum atomic E-state index is -1.02. The zero-order valence-electron chi connectivity index (χ0n) is 19.2. The van der Waals surface area contributed by atoms with E-state index in [0.29, 0.717) is 5.69 Å². The summed E-state index contributed by atoms with van der Waals surface area (Å²) in [5.74, 6) is 0.477. The number of likely N-dealkylation sites (tertiary alicyclic amines) is 1. The number of piperidine rings is 1. The van der Waals surface area contributed by atoms with Crippen molar-refractivity contribution in [2.24, 2.45) is 4.99 Å². The molecule has 7 nitrogen and oxygen atoms in total. The molecule has 2 aromatic carbocycles. The topological polar surface area (TPSA) is 77.0 Å². The molecule has 0 radical (unpaired) electrons. The average molecular weight is 434 g/mol. The van der Waals surface area contributed by atoms with Crippen molar-refractivity contribution in [3.63, 3.8) is 0 Å². The van der Waals surface area contributed by atoms with Crippen molar-refractivity contribution in [1.29, 1.82) is 0 Å². The molecule has 0 bridgehead atoms. The van der Waals surface area contributed by atoms with Crippen LogP contribution < -0.4 is 15.5 Å². The van der Waals surface area contributed by atoms with Crippen molar-refractivity contribution in [2.45, 2.75) is 51.7 Å². The zero-order chi connectivity index (χ0) is 22.9. The number of amides is 3.